The molecule has 4 heteroatoms. The minimum Gasteiger partial charge on any atom is -0.309 e. The molecule has 0 saturated heterocycles. The summed E-state index contributed by atoms with van der Waals surface area (Å²) in [5.74, 6) is 1.91. The van der Waals surface area contributed by atoms with E-state index < -0.39 is 5.41 Å². The highest BCUT2D eigenvalue weighted by Crippen LogP contribution is 2.61. The van der Waals surface area contributed by atoms with Crippen molar-refractivity contribution in [2.75, 3.05) is 0 Å². The molecule has 4 nitrogen and oxygen atoms in total. The molecule has 0 bridgehead atoms. The van der Waals surface area contributed by atoms with Crippen LogP contribution in [0.5, 0.6) is 0 Å². The Kier molecular flexibility index (Phi) is 7.49. The topological polar surface area (TPSA) is 43.6 Å². The van der Waals surface area contributed by atoms with Crippen LogP contribution < -0.4 is 0 Å². The second-order valence-electron chi connectivity index (χ2n) is 16.3. The van der Waals surface area contributed by atoms with Crippen LogP contribution in [0.2, 0.25) is 0 Å². The first-order valence-electron chi connectivity index (χ1n) is 21.2. The molecule has 1 spiro atoms. The summed E-state index contributed by atoms with van der Waals surface area (Å²) in [4.78, 5) is 15.7. The van der Waals surface area contributed by atoms with Crippen molar-refractivity contribution < 1.29 is 0 Å². The van der Waals surface area contributed by atoms with Gasteiger partial charge in [0.1, 0.15) is 0 Å². The van der Waals surface area contributed by atoms with E-state index in [-0.39, 0.29) is 0 Å². The number of aromatic nitrogens is 4. The highest BCUT2D eigenvalue weighted by molar-refractivity contribution is 6.12. The second-order valence-corrected chi connectivity index (χ2v) is 16.3. The third-order valence-electron chi connectivity index (χ3n) is 13.1. The zero-order valence-electron chi connectivity index (χ0n) is 33.6. The number of hydrogen-bond donors (Lipinski definition) is 0. The van der Waals surface area contributed by atoms with E-state index in [1.54, 1.807) is 0 Å². The van der Waals surface area contributed by atoms with Gasteiger partial charge in [0.2, 0.25) is 0 Å². The Morgan fingerprint density at radius 2 is 0.806 bits per heavy atom. The second kappa shape index (κ2) is 13.4. The zero-order chi connectivity index (χ0) is 40.8. The van der Waals surface area contributed by atoms with Crippen LogP contribution in [0.3, 0.4) is 0 Å². The molecule has 288 valence electrons. The Balaban J connectivity index is 1.01. The van der Waals surface area contributed by atoms with E-state index >= 15 is 0 Å². The van der Waals surface area contributed by atoms with Crippen LogP contribution in [-0.4, -0.2) is 19.5 Å². The van der Waals surface area contributed by atoms with Gasteiger partial charge in [-0.3, -0.25) is 0 Å². The lowest BCUT2D eigenvalue weighted by atomic mass is 9.65. The summed E-state index contributed by atoms with van der Waals surface area (Å²) in [6.45, 7) is 0. The van der Waals surface area contributed by atoms with Gasteiger partial charge in [-0.2, -0.15) is 0 Å². The maximum absolute atomic E-state index is 5.32. The van der Waals surface area contributed by atoms with Crippen LogP contribution in [0.1, 0.15) is 22.3 Å². The smallest absolute Gasteiger partial charge is 0.164 e. The average molecular weight is 789 g/mol. The highest BCUT2D eigenvalue weighted by atomic mass is 15.0. The van der Waals surface area contributed by atoms with Crippen molar-refractivity contribution in [3.63, 3.8) is 0 Å². The molecule has 2 aromatic heterocycles. The molecule has 13 rings (SSSR count). The average Bonchev–Trinajstić information content (AvgIpc) is 3.85. The molecular weight excluding hydrogens is 753 g/mol. The summed E-state index contributed by atoms with van der Waals surface area (Å²) in [5.41, 5.74) is 18.1. The third-order valence-corrected chi connectivity index (χ3v) is 13.1. The molecule has 1 atom stereocenters. The van der Waals surface area contributed by atoms with Crippen molar-refractivity contribution in [2.24, 2.45) is 0 Å². The normalized spacial score (nSPS) is 14.5. The first-order chi connectivity index (χ1) is 30.7. The van der Waals surface area contributed by atoms with Gasteiger partial charge in [-0.25, -0.2) is 15.0 Å². The van der Waals surface area contributed by atoms with E-state index in [2.05, 4.69) is 205 Å². The van der Waals surface area contributed by atoms with Crippen LogP contribution in [-0.2, 0) is 5.41 Å². The molecule has 1 unspecified atom stereocenters. The molecule has 0 saturated carbocycles. The molecule has 1 aliphatic heterocycles. The lowest BCUT2D eigenvalue weighted by molar-refractivity contribution is 0.748. The van der Waals surface area contributed by atoms with Gasteiger partial charge in [-0.15, -0.1) is 0 Å². The Labute approximate surface area is 359 Å². The summed E-state index contributed by atoms with van der Waals surface area (Å²) >= 11 is 0. The minimum atomic E-state index is -0.578. The summed E-state index contributed by atoms with van der Waals surface area (Å²) < 4.78 is 2.49. The van der Waals surface area contributed by atoms with E-state index in [4.69, 9.17) is 15.0 Å². The van der Waals surface area contributed by atoms with Gasteiger partial charge in [-0.1, -0.05) is 194 Å². The highest BCUT2D eigenvalue weighted by Gasteiger charge is 2.50. The Bertz CT molecular complexity index is 3570. The van der Waals surface area contributed by atoms with Crippen molar-refractivity contribution in [3.05, 3.63) is 241 Å². The molecule has 0 amide bonds. The van der Waals surface area contributed by atoms with Gasteiger partial charge in [-0.05, 0) is 79.9 Å². The maximum Gasteiger partial charge on any atom is 0.164 e. The Hall–Kier alpha value is -8.21. The number of hydrogen-bond acceptors (Lipinski definition) is 3. The number of nitrogens with zero attached hydrogens (tertiary/aromatic N) is 4. The van der Waals surface area contributed by atoms with Crippen molar-refractivity contribution in [1.82, 2.24) is 19.5 Å². The number of fused-ring (bicyclic) bond motifs is 12. The minimum absolute atomic E-state index is 0.578. The molecule has 3 heterocycles. The SMILES string of the molecule is c1ccc(-c2ccc(-c3cccc(-c4nc(-c5ccccc5)nc(-c5ccc6c(c5)C5(c7ccccc7-6)c6ccccc6-n6c7ccccc7c7cccc5c76)n4)c3)cc2)cc1. The summed E-state index contributed by atoms with van der Waals surface area (Å²) in [6, 6.07) is 78.5. The van der Waals surface area contributed by atoms with Crippen molar-refractivity contribution in [2.45, 2.75) is 5.41 Å². The Morgan fingerprint density at radius 1 is 0.306 bits per heavy atom. The summed E-state index contributed by atoms with van der Waals surface area (Å²) in [6.07, 6.45) is 0. The summed E-state index contributed by atoms with van der Waals surface area (Å²) in [5, 5.41) is 2.52. The fourth-order valence-corrected chi connectivity index (χ4v) is 10.4. The molecule has 2 aliphatic rings. The largest absolute Gasteiger partial charge is 0.309 e. The molecular formula is C58H36N4. The van der Waals surface area contributed by atoms with Gasteiger partial charge in [0, 0.05) is 27.5 Å². The van der Waals surface area contributed by atoms with Crippen LogP contribution >= 0.6 is 0 Å². The predicted molar refractivity (Wildman–Crippen MR) is 252 cm³/mol. The van der Waals surface area contributed by atoms with Gasteiger partial charge in [0.15, 0.2) is 17.5 Å². The molecule has 0 radical (unpaired) electrons. The van der Waals surface area contributed by atoms with Gasteiger partial charge in [0.25, 0.3) is 0 Å². The lowest BCUT2D eigenvalue weighted by Crippen LogP contribution is -2.33. The van der Waals surface area contributed by atoms with E-state index in [0.29, 0.717) is 17.5 Å². The van der Waals surface area contributed by atoms with Gasteiger partial charge >= 0.3 is 0 Å². The van der Waals surface area contributed by atoms with Crippen molar-refractivity contribution >= 4 is 21.8 Å². The fraction of sp³-hybridized carbons (Fsp3) is 0.0172. The van der Waals surface area contributed by atoms with E-state index in [9.17, 15) is 0 Å². The van der Waals surface area contributed by atoms with Crippen LogP contribution in [0.25, 0.3) is 95.0 Å². The van der Waals surface area contributed by atoms with E-state index in [1.807, 2.05) is 18.2 Å². The van der Waals surface area contributed by atoms with E-state index in [1.165, 1.54) is 72.0 Å². The Morgan fingerprint density at radius 3 is 1.60 bits per heavy atom. The summed E-state index contributed by atoms with van der Waals surface area (Å²) in [7, 11) is 0. The lowest BCUT2D eigenvalue weighted by Gasteiger charge is -2.39. The van der Waals surface area contributed by atoms with Crippen LogP contribution in [0.4, 0.5) is 0 Å². The number of rotatable bonds is 5. The fourth-order valence-electron chi connectivity index (χ4n) is 10.4. The first-order valence-corrected chi connectivity index (χ1v) is 21.2. The number of benzene rings is 9. The number of para-hydroxylation sites is 3. The quantitative estimate of drug-likeness (QED) is 0.174. The molecule has 11 aromatic rings. The maximum atomic E-state index is 5.32. The molecule has 1 aliphatic carbocycles. The predicted octanol–water partition coefficient (Wildman–Crippen LogP) is 14.0. The van der Waals surface area contributed by atoms with Crippen molar-refractivity contribution in [1.29, 1.82) is 0 Å². The molecule has 0 fully saturated rings. The molecule has 62 heavy (non-hydrogen) atoms. The van der Waals surface area contributed by atoms with Crippen LogP contribution in [0.15, 0.2) is 218 Å². The first kappa shape index (κ1) is 34.6. The zero-order valence-corrected chi connectivity index (χ0v) is 33.6. The van der Waals surface area contributed by atoms with Gasteiger partial charge in [0.05, 0.1) is 22.1 Å². The molecule has 0 N–H and O–H groups in total. The standard InChI is InChI=1S/C58H36N4/c1-3-15-37(16-4-1)38-29-31-39(32-30-38)41-19-13-20-42(35-41)56-59-55(40-17-5-2-6-18-40)60-57(61-56)43-33-34-45-44-21-7-9-24-48(44)58(51(45)36-43)49-25-10-12-28-53(49)62-52-27-11-8-22-46(52)47-23-14-26-50(58)54(47)62/h1-36H. The molecule has 9 aromatic carbocycles. The van der Waals surface area contributed by atoms with Crippen molar-refractivity contribution in [3.8, 4) is 73.2 Å². The van der Waals surface area contributed by atoms with Gasteiger partial charge < -0.3 is 4.57 Å². The van der Waals surface area contributed by atoms with Crippen LogP contribution in [0, 0.1) is 0 Å². The van der Waals surface area contributed by atoms with E-state index in [0.717, 1.165) is 27.8 Å². The third kappa shape index (κ3) is 4.98. The monoisotopic (exact) mass is 788 g/mol.